The van der Waals surface area contributed by atoms with Crippen molar-refractivity contribution in [3.05, 3.63) is 12.2 Å². The Morgan fingerprint density at radius 2 is 1.89 bits per heavy atom. The van der Waals surface area contributed by atoms with Crippen LogP contribution in [-0.4, -0.2) is 30.3 Å². The Morgan fingerprint density at radius 1 is 1.28 bits per heavy atom. The molecular formula is C13H23NO4. The molecule has 0 heterocycles. The highest BCUT2D eigenvalue weighted by atomic mass is 16.6. The van der Waals surface area contributed by atoms with Crippen molar-refractivity contribution in [1.29, 1.82) is 0 Å². The van der Waals surface area contributed by atoms with Gasteiger partial charge in [-0.05, 0) is 34.1 Å². The van der Waals surface area contributed by atoms with E-state index in [1.807, 2.05) is 6.92 Å². The summed E-state index contributed by atoms with van der Waals surface area (Å²) in [6.45, 7) is 9.35. The lowest BCUT2D eigenvalue weighted by Gasteiger charge is -2.21. The zero-order chi connectivity index (χ0) is 14.2. The molecule has 1 unspecified atom stereocenters. The predicted molar refractivity (Wildman–Crippen MR) is 69.2 cm³/mol. The molecule has 1 N–H and O–H groups in total. The summed E-state index contributed by atoms with van der Waals surface area (Å²) in [4.78, 5) is 22.6. The zero-order valence-electron chi connectivity index (χ0n) is 11.8. The van der Waals surface area contributed by atoms with Crippen LogP contribution in [0.3, 0.4) is 0 Å². The van der Waals surface area contributed by atoms with E-state index in [9.17, 15) is 9.59 Å². The maximum Gasteiger partial charge on any atom is 0.408 e. The lowest BCUT2D eigenvalue weighted by molar-refractivity contribution is -0.137. The van der Waals surface area contributed by atoms with Crippen molar-refractivity contribution in [2.24, 2.45) is 0 Å². The third-order valence-corrected chi connectivity index (χ3v) is 1.89. The van der Waals surface area contributed by atoms with Crippen LogP contribution in [0.4, 0.5) is 4.79 Å². The second kappa shape index (κ2) is 7.74. The number of hydrogen-bond donors (Lipinski definition) is 1. The molecular weight excluding hydrogens is 234 g/mol. The largest absolute Gasteiger partial charge is 0.463 e. The summed E-state index contributed by atoms with van der Waals surface area (Å²) in [6, 6.07) is -0.246. The van der Waals surface area contributed by atoms with Gasteiger partial charge in [-0.25, -0.2) is 9.59 Å². The van der Waals surface area contributed by atoms with Gasteiger partial charge in [0.2, 0.25) is 0 Å². The van der Waals surface area contributed by atoms with Gasteiger partial charge in [0, 0.05) is 6.08 Å². The van der Waals surface area contributed by atoms with Crippen molar-refractivity contribution < 1.29 is 19.1 Å². The molecule has 0 radical (unpaired) electrons. The molecule has 18 heavy (non-hydrogen) atoms. The molecule has 0 aromatic carbocycles. The fourth-order valence-corrected chi connectivity index (χ4v) is 1.13. The summed E-state index contributed by atoms with van der Waals surface area (Å²) in [6.07, 6.45) is 3.08. The van der Waals surface area contributed by atoms with Gasteiger partial charge in [0.05, 0.1) is 12.6 Å². The zero-order valence-corrected chi connectivity index (χ0v) is 11.8. The molecule has 5 heteroatoms. The van der Waals surface area contributed by atoms with E-state index in [1.54, 1.807) is 33.8 Å². The molecule has 1 amide bonds. The van der Waals surface area contributed by atoms with Crippen molar-refractivity contribution in [1.82, 2.24) is 5.32 Å². The van der Waals surface area contributed by atoms with Crippen LogP contribution in [0.25, 0.3) is 0 Å². The van der Waals surface area contributed by atoms with E-state index in [-0.39, 0.29) is 6.04 Å². The maximum absolute atomic E-state index is 11.5. The van der Waals surface area contributed by atoms with Crippen molar-refractivity contribution in [3.8, 4) is 0 Å². The van der Waals surface area contributed by atoms with Crippen LogP contribution in [-0.2, 0) is 14.3 Å². The molecule has 0 spiro atoms. The Kier molecular flexibility index (Phi) is 7.08. The van der Waals surface area contributed by atoms with Crippen LogP contribution < -0.4 is 5.32 Å². The first-order chi connectivity index (χ1) is 8.28. The average molecular weight is 257 g/mol. The Labute approximate surface area is 109 Å². The number of hydrogen-bond acceptors (Lipinski definition) is 4. The first kappa shape index (κ1) is 16.5. The average Bonchev–Trinajstić information content (AvgIpc) is 2.22. The molecule has 0 saturated carbocycles. The Hall–Kier alpha value is -1.52. The van der Waals surface area contributed by atoms with Gasteiger partial charge < -0.3 is 14.8 Å². The number of ether oxygens (including phenoxy) is 2. The summed E-state index contributed by atoms with van der Waals surface area (Å²) in [5.74, 6) is -0.415. The number of carbonyl (C=O) groups is 2. The van der Waals surface area contributed by atoms with Gasteiger partial charge in [-0.3, -0.25) is 0 Å². The molecule has 0 bridgehead atoms. The monoisotopic (exact) mass is 257 g/mol. The summed E-state index contributed by atoms with van der Waals surface area (Å²) in [5, 5.41) is 2.66. The minimum Gasteiger partial charge on any atom is -0.463 e. The number of nitrogens with one attached hydrogen (secondary N) is 1. The van der Waals surface area contributed by atoms with Gasteiger partial charge in [-0.1, -0.05) is 13.0 Å². The highest BCUT2D eigenvalue weighted by molar-refractivity contribution is 5.82. The van der Waals surface area contributed by atoms with Gasteiger partial charge in [0.15, 0.2) is 0 Å². The lowest BCUT2D eigenvalue weighted by Crippen LogP contribution is -2.38. The fourth-order valence-electron chi connectivity index (χ4n) is 1.13. The normalized spacial score (nSPS) is 13.2. The molecule has 0 fully saturated rings. The second-order valence-corrected chi connectivity index (χ2v) is 4.77. The smallest absolute Gasteiger partial charge is 0.408 e. The molecule has 0 aliphatic carbocycles. The van der Waals surface area contributed by atoms with Crippen LogP contribution in [0.5, 0.6) is 0 Å². The molecule has 0 saturated heterocycles. The third kappa shape index (κ3) is 8.61. The number of carbonyl (C=O) groups excluding carboxylic acids is 2. The SMILES string of the molecule is CCOC(=O)/C=C/C(CC)NC(=O)OC(C)(C)C. The molecule has 0 rings (SSSR count). The van der Waals surface area contributed by atoms with E-state index in [4.69, 9.17) is 9.47 Å². The third-order valence-electron chi connectivity index (χ3n) is 1.89. The number of alkyl carbamates (subject to hydrolysis) is 1. The Bertz CT molecular complexity index is 305. The van der Waals surface area contributed by atoms with E-state index >= 15 is 0 Å². The summed E-state index contributed by atoms with van der Waals surface area (Å²) in [7, 11) is 0. The van der Waals surface area contributed by atoms with Gasteiger partial charge in [-0.15, -0.1) is 0 Å². The minimum atomic E-state index is -0.534. The topological polar surface area (TPSA) is 64.6 Å². The van der Waals surface area contributed by atoms with Crippen LogP contribution in [0, 0.1) is 0 Å². The standard InChI is InChI=1S/C13H23NO4/c1-6-10(8-9-11(15)17-7-2)14-12(16)18-13(3,4)5/h8-10H,6-7H2,1-5H3,(H,14,16)/b9-8+. The van der Waals surface area contributed by atoms with Gasteiger partial charge in [0.1, 0.15) is 5.60 Å². The van der Waals surface area contributed by atoms with E-state index in [0.717, 1.165) is 0 Å². The first-order valence-corrected chi connectivity index (χ1v) is 6.13. The highest BCUT2D eigenvalue weighted by Crippen LogP contribution is 2.07. The van der Waals surface area contributed by atoms with E-state index in [1.165, 1.54) is 6.08 Å². The second-order valence-electron chi connectivity index (χ2n) is 4.77. The molecule has 0 aliphatic heterocycles. The number of amides is 1. The van der Waals surface area contributed by atoms with Crippen molar-refractivity contribution in [3.63, 3.8) is 0 Å². The summed E-state index contributed by atoms with van der Waals surface area (Å²) in [5.41, 5.74) is -0.534. The summed E-state index contributed by atoms with van der Waals surface area (Å²) < 4.78 is 9.88. The van der Waals surface area contributed by atoms with Gasteiger partial charge in [0.25, 0.3) is 0 Å². The van der Waals surface area contributed by atoms with Gasteiger partial charge in [-0.2, -0.15) is 0 Å². The van der Waals surface area contributed by atoms with E-state index in [0.29, 0.717) is 13.0 Å². The minimum absolute atomic E-state index is 0.246. The van der Waals surface area contributed by atoms with Gasteiger partial charge >= 0.3 is 12.1 Å². The molecule has 0 aromatic rings. The molecule has 0 aliphatic rings. The lowest BCUT2D eigenvalue weighted by atomic mass is 10.2. The van der Waals surface area contributed by atoms with Crippen molar-refractivity contribution >= 4 is 12.1 Å². The predicted octanol–water partition coefficient (Wildman–Crippen LogP) is 2.41. The van der Waals surface area contributed by atoms with Crippen LogP contribution in [0.2, 0.25) is 0 Å². The molecule has 104 valence electrons. The van der Waals surface area contributed by atoms with Crippen LogP contribution >= 0.6 is 0 Å². The quantitative estimate of drug-likeness (QED) is 0.606. The maximum atomic E-state index is 11.5. The number of esters is 1. The number of rotatable bonds is 5. The summed E-state index contributed by atoms with van der Waals surface area (Å²) >= 11 is 0. The fraction of sp³-hybridized carbons (Fsp3) is 0.692. The van der Waals surface area contributed by atoms with Crippen LogP contribution in [0.1, 0.15) is 41.0 Å². The molecule has 1 atom stereocenters. The Morgan fingerprint density at radius 3 is 2.33 bits per heavy atom. The molecule has 0 aromatic heterocycles. The first-order valence-electron chi connectivity index (χ1n) is 6.13. The van der Waals surface area contributed by atoms with Crippen molar-refractivity contribution in [2.75, 3.05) is 6.61 Å². The van der Waals surface area contributed by atoms with E-state index in [2.05, 4.69) is 5.32 Å². The highest BCUT2D eigenvalue weighted by Gasteiger charge is 2.17. The van der Waals surface area contributed by atoms with E-state index < -0.39 is 17.7 Å². The van der Waals surface area contributed by atoms with Crippen molar-refractivity contribution in [2.45, 2.75) is 52.7 Å². The Balaban J connectivity index is 4.27. The van der Waals surface area contributed by atoms with Crippen LogP contribution in [0.15, 0.2) is 12.2 Å². The molecule has 5 nitrogen and oxygen atoms in total.